The molecule has 3 heteroatoms. The molecule has 0 unspecified atom stereocenters. The monoisotopic (exact) mass is 171 g/mol. The van der Waals surface area contributed by atoms with Gasteiger partial charge >= 0.3 is 0 Å². The van der Waals surface area contributed by atoms with Gasteiger partial charge in [-0.3, -0.25) is 4.68 Å². The van der Waals surface area contributed by atoms with Crippen LogP contribution in [-0.2, 0) is 13.5 Å². The highest BCUT2D eigenvalue weighted by Gasteiger charge is 2.06. The lowest BCUT2D eigenvalue weighted by atomic mass is 10.2. The Labute approximate surface area is 76.2 Å². The largest absolute Gasteiger partial charge is 0.270 e. The van der Waals surface area contributed by atoms with Crippen molar-refractivity contribution < 1.29 is 0 Å². The van der Waals surface area contributed by atoms with E-state index in [2.05, 4.69) is 11.2 Å². The normalized spacial score (nSPS) is 10.2. The molecule has 1 aromatic carbocycles. The first-order chi connectivity index (χ1) is 6.33. The minimum Gasteiger partial charge on any atom is -0.270 e. The quantitative estimate of drug-likeness (QED) is 0.654. The zero-order valence-corrected chi connectivity index (χ0v) is 7.36. The molecule has 0 fully saturated rings. The average Bonchev–Trinajstić information content (AvgIpc) is 2.44. The Balaban J connectivity index is 2.73. The van der Waals surface area contributed by atoms with E-state index in [1.54, 1.807) is 4.68 Å². The maximum Gasteiger partial charge on any atom is 0.0926 e. The van der Waals surface area contributed by atoms with Crippen LogP contribution in [0.2, 0.25) is 0 Å². The fourth-order valence-electron chi connectivity index (χ4n) is 1.49. The molecule has 0 aliphatic heterocycles. The van der Waals surface area contributed by atoms with Crippen LogP contribution in [-0.4, -0.2) is 9.78 Å². The molecule has 0 radical (unpaired) electrons. The van der Waals surface area contributed by atoms with Gasteiger partial charge in [-0.2, -0.15) is 10.4 Å². The molecule has 0 bridgehead atoms. The van der Waals surface area contributed by atoms with Crippen LogP contribution >= 0.6 is 0 Å². The van der Waals surface area contributed by atoms with Gasteiger partial charge in [0, 0.05) is 12.4 Å². The van der Waals surface area contributed by atoms with Crippen LogP contribution in [0.15, 0.2) is 24.3 Å². The number of fused-ring (bicyclic) bond motifs is 1. The molecule has 0 aliphatic rings. The summed E-state index contributed by atoms with van der Waals surface area (Å²) >= 11 is 0. The molecule has 2 aromatic rings. The maximum atomic E-state index is 8.63. The highest BCUT2D eigenvalue weighted by molar-refractivity contribution is 5.81. The van der Waals surface area contributed by atoms with Gasteiger partial charge in [0.1, 0.15) is 0 Å². The topological polar surface area (TPSA) is 41.6 Å². The number of nitriles is 1. The number of aryl methyl sites for hydroxylation is 1. The highest BCUT2D eigenvalue weighted by Crippen LogP contribution is 2.17. The summed E-state index contributed by atoms with van der Waals surface area (Å²) in [4.78, 5) is 0. The molecule has 0 spiro atoms. The van der Waals surface area contributed by atoms with Crippen molar-refractivity contribution >= 4 is 10.9 Å². The summed E-state index contributed by atoms with van der Waals surface area (Å²) in [6, 6.07) is 10.0. The van der Waals surface area contributed by atoms with Crippen molar-refractivity contribution in [2.75, 3.05) is 0 Å². The number of hydrogen-bond acceptors (Lipinski definition) is 2. The van der Waals surface area contributed by atoms with Crippen molar-refractivity contribution in [3.63, 3.8) is 0 Å². The average molecular weight is 171 g/mol. The Hall–Kier alpha value is -1.82. The summed E-state index contributed by atoms with van der Waals surface area (Å²) in [5.74, 6) is 0. The van der Waals surface area contributed by atoms with Gasteiger partial charge < -0.3 is 0 Å². The molecule has 0 N–H and O–H groups in total. The Morgan fingerprint density at radius 3 is 3.00 bits per heavy atom. The van der Waals surface area contributed by atoms with Crippen molar-refractivity contribution in [2.24, 2.45) is 7.05 Å². The summed E-state index contributed by atoms with van der Waals surface area (Å²) in [7, 11) is 1.87. The second-order valence-electron chi connectivity index (χ2n) is 2.92. The van der Waals surface area contributed by atoms with Crippen molar-refractivity contribution in [3.05, 3.63) is 30.0 Å². The van der Waals surface area contributed by atoms with Crippen LogP contribution in [0.5, 0.6) is 0 Å². The summed E-state index contributed by atoms with van der Waals surface area (Å²) in [6.07, 6.45) is 0.414. The standard InChI is InChI=1S/C10H9N3/c1-13-10(6-7-11)8-4-2-3-5-9(8)12-13/h2-5H,6H2,1H3. The minimum absolute atomic E-state index is 0.414. The summed E-state index contributed by atoms with van der Waals surface area (Å²) in [5.41, 5.74) is 1.94. The highest BCUT2D eigenvalue weighted by atomic mass is 15.3. The predicted octanol–water partition coefficient (Wildman–Crippen LogP) is 1.64. The molecule has 3 nitrogen and oxygen atoms in total. The fraction of sp³-hybridized carbons (Fsp3) is 0.200. The van der Waals surface area contributed by atoms with Crippen LogP contribution in [0.4, 0.5) is 0 Å². The summed E-state index contributed by atoms with van der Waals surface area (Å²) in [6.45, 7) is 0. The molecule has 2 rings (SSSR count). The number of nitrogens with zero attached hydrogens (tertiary/aromatic N) is 3. The summed E-state index contributed by atoms with van der Waals surface area (Å²) < 4.78 is 1.77. The van der Waals surface area contributed by atoms with Crippen LogP contribution in [0, 0.1) is 11.3 Å². The van der Waals surface area contributed by atoms with Crippen molar-refractivity contribution in [3.8, 4) is 6.07 Å². The van der Waals surface area contributed by atoms with E-state index < -0.39 is 0 Å². The van der Waals surface area contributed by atoms with Crippen molar-refractivity contribution in [2.45, 2.75) is 6.42 Å². The first-order valence-electron chi connectivity index (χ1n) is 4.10. The molecular formula is C10H9N3. The first-order valence-corrected chi connectivity index (χ1v) is 4.10. The maximum absolute atomic E-state index is 8.63. The molecule has 0 saturated heterocycles. The van der Waals surface area contributed by atoms with Crippen LogP contribution in [0.25, 0.3) is 10.9 Å². The third-order valence-electron chi connectivity index (χ3n) is 2.11. The molecule has 0 saturated carbocycles. The van der Waals surface area contributed by atoms with Gasteiger partial charge in [-0.1, -0.05) is 18.2 Å². The minimum atomic E-state index is 0.414. The first kappa shape index (κ1) is 7.81. The van der Waals surface area contributed by atoms with Crippen LogP contribution in [0.3, 0.4) is 0 Å². The van der Waals surface area contributed by atoms with Gasteiger partial charge in [0.2, 0.25) is 0 Å². The zero-order chi connectivity index (χ0) is 9.26. The summed E-state index contributed by atoms with van der Waals surface area (Å²) in [5, 5.41) is 14.0. The second kappa shape index (κ2) is 2.91. The van der Waals surface area contributed by atoms with E-state index in [0.29, 0.717) is 6.42 Å². The van der Waals surface area contributed by atoms with Crippen molar-refractivity contribution in [1.82, 2.24) is 9.78 Å². The third kappa shape index (κ3) is 1.17. The fourth-order valence-corrected chi connectivity index (χ4v) is 1.49. The van der Waals surface area contributed by atoms with E-state index in [1.165, 1.54) is 0 Å². The zero-order valence-electron chi connectivity index (χ0n) is 7.36. The smallest absolute Gasteiger partial charge is 0.0926 e. The van der Waals surface area contributed by atoms with E-state index in [9.17, 15) is 0 Å². The van der Waals surface area contributed by atoms with Gasteiger partial charge in [-0.25, -0.2) is 0 Å². The Morgan fingerprint density at radius 1 is 1.46 bits per heavy atom. The van der Waals surface area contributed by atoms with Gasteiger partial charge in [0.05, 0.1) is 23.7 Å². The van der Waals surface area contributed by atoms with Gasteiger partial charge in [-0.15, -0.1) is 0 Å². The Morgan fingerprint density at radius 2 is 2.23 bits per heavy atom. The van der Waals surface area contributed by atoms with E-state index in [1.807, 2.05) is 31.3 Å². The molecule has 0 atom stereocenters. The molecule has 13 heavy (non-hydrogen) atoms. The number of hydrogen-bond donors (Lipinski definition) is 0. The lowest BCUT2D eigenvalue weighted by molar-refractivity contribution is 0.739. The lowest BCUT2D eigenvalue weighted by Crippen LogP contribution is -1.96. The molecule has 1 aromatic heterocycles. The SMILES string of the molecule is Cn1nc2ccccc2c1CC#N. The van der Waals surface area contributed by atoms with E-state index >= 15 is 0 Å². The number of rotatable bonds is 1. The predicted molar refractivity (Wildman–Crippen MR) is 50.0 cm³/mol. The van der Waals surface area contributed by atoms with Crippen LogP contribution in [0.1, 0.15) is 5.69 Å². The third-order valence-corrected chi connectivity index (χ3v) is 2.11. The van der Waals surface area contributed by atoms with Gasteiger partial charge in [-0.05, 0) is 6.07 Å². The Bertz CT molecular complexity index is 476. The molecule has 64 valence electrons. The van der Waals surface area contributed by atoms with E-state index in [-0.39, 0.29) is 0 Å². The lowest BCUT2D eigenvalue weighted by Gasteiger charge is -1.94. The van der Waals surface area contributed by atoms with Gasteiger partial charge in [0.25, 0.3) is 0 Å². The number of benzene rings is 1. The molecule has 0 aliphatic carbocycles. The molecular weight excluding hydrogens is 162 g/mol. The van der Waals surface area contributed by atoms with Crippen LogP contribution < -0.4 is 0 Å². The molecule has 0 amide bonds. The van der Waals surface area contributed by atoms with Crippen molar-refractivity contribution in [1.29, 1.82) is 5.26 Å². The van der Waals surface area contributed by atoms with Gasteiger partial charge in [0.15, 0.2) is 0 Å². The van der Waals surface area contributed by atoms with E-state index in [4.69, 9.17) is 5.26 Å². The van der Waals surface area contributed by atoms with E-state index in [0.717, 1.165) is 16.6 Å². The number of aromatic nitrogens is 2. The Kier molecular flexibility index (Phi) is 1.75. The second-order valence-corrected chi connectivity index (χ2v) is 2.92. The molecule has 1 heterocycles.